The second-order valence-electron chi connectivity index (χ2n) is 6.64. The van der Waals surface area contributed by atoms with Gasteiger partial charge >= 0.3 is 0 Å². The summed E-state index contributed by atoms with van der Waals surface area (Å²) in [7, 11) is -2.10. The lowest BCUT2D eigenvalue weighted by molar-refractivity contribution is -0.131. The van der Waals surface area contributed by atoms with E-state index in [9.17, 15) is 13.2 Å². The number of hydrogen-bond donors (Lipinski definition) is 0. The predicted molar refractivity (Wildman–Crippen MR) is 109 cm³/mol. The van der Waals surface area contributed by atoms with Gasteiger partial charge < -0.3 is 9.42 Å². The van der Waals surface area contributed by atoms with Crippen molar-refractivity contribution in [3.63, 3.8) is 0 Å². The third-order valence-electron chi connectivity index (χ3n) is 4.33. The topological polar surface area (TPSA) is 96.6 Å². The first-order chi connectivity index (χ1) is 13.8. The molecule has 0 fully saturated rings. The molecule has 0 aliphatic carbocycles. The number of hydrogen-bond acceptors (Lipinski definition) is 6. The van der Waals surface area contributed by atoms with Crippen LogP contribution < -0.4 is 4.31 Å². The average Bonchev–Trinajstić information content (AvgIpc) is 3.16. The SMILES string of the molecule is C[C@@H](C(=O)N(C)Cc1nc(-c2ccccc2)no1)N(c1ccccc1)S(C)(=O)=O. The second-order valence-corrected chi connectivity index (χ2v) is 8.50. The van der Waals surface area contributed by atoms with Gasteiger partial charge in [-0.2, -0.15) is 4.98 Å². The molecule has 1 aromatic heterocycles. The van der Waals surface area contributed by atoms with Gasteiger partial charge in [0.2, 0.25) is 27.6 Å². The molecule has 1 amide bonds. The number of amides is 1. The first-order valence-corrected chi connectivity index (χ1v) is 10.8. The molecule has 0 aliphatic rings. The number of rotatable bonds is 7. The van der Waals surface area contributed by atoms with Gasteiger partial charge in [-0.3, -0.25) is 9.10 Å². The number of sulfonamides is 1. The van der Waals surface area contributed by atoms with Crippen molar-refractivity contribution in [1.29, 1.82) is 0 Å². The Morgan fingerprint density at radius 3 is 2.24 bits per heavy atom. The van der Waals surface area contributed by atoms with Gasteiger partial charge in [-0.15, -0.1) is 0 Å². The summed E-state index contributed by atoms with van der Waals surface area (Å²) in [5.74, 6) is 0.299. The van der Waals surface area contributed by atoms with Crippen molar-refractivity contribution >= 4 is 21.6 Å². The fraction of sp³-hybridized carbons (Fsp3) is 0.250. The van der Waals surface area contributed by atoms with Gasteiger partial charge in [0, 0.05) is 12.6 Å². The molecule has 0 radical (unpaired) electrons. The highest BCUT2D eigenvalue weighted by atomic mass is 32.2. The fourth-order valence-corrected chi connectivity index (χ4v) is 4.17. The summed E-state index contributed by atoms with van der Waals surface area (Å²) in [4.78, 5) is 18.6. The number of para-hydroxylation sites is 1. The molecule has 1 heterocycles. The zero-order valence-corrected chi connectivity index (χ0v) is 17.2. The predicted octanol–water partition coefficient (Wildman–Crippen LogP) is 2.55. The number of benzene rings is 2. The molecule has 0 bridgehead atoms. The molecule has 0 spiro atoms. The van der Waals surface area contributed by atoms with Crippen molar-refractivity contribution in [2.75, 3.05) is 17.6 Å². The van der Waals surface area contributed by atoms with Crippen molar-refractivity contribution in [3.8, 4) is 11.4 Å². The molecule has 8 nitrogen and oxygen atoms in total. The lowest BCUT2D eigenvalue weighted by Gasteiger charge is -2.30. The van der Waals surface area contributed by atoms with Gasteiger partial charge in [0.1, 0.15) is 6.04 Å². The van der Waals surface area contributed by atoms with Crippen LogP contribution in [0, 0.1) is 0 Å². The molecule has 0 saturated heterocycles. The van der Waals surface area contributed by atoms with Crippen LogP contribution in [0.5, 0.6) is 0 Å². The third-order valence-corrected chi connectivity index (χ3v) is 5.57. The maximum absolute atomic E-state index is 12.9. The molecule has 0 saturated carbocycles. The van der Waals surface area contributed by atoms with Gasteiger partial charge in [-0.25, -0.2) is 8.42 Å². The number of nitrogens with zero attached hydrogens (tertiary/aromatic N) is 4. The van der Waals surface area contributed by atoms with Crippen molar-refractivity contribution in [1.82, 2.24) is 15.0 Å². The highest BCUT2D eigenvalue weighted by molar-refractivity contribution is 7.92. The zero-order chi connectivity index (χ0) is 21.0. The zero-order valence-electron chi connectivity index (χ0n) is 16.4. The van der Waals surface area contributed by atoms with Crippen LogP contribution in [0.3, 0.4) is 0 Å². The Bertz CT molecular complexity index is 1070. The van der Waals surface area contributed by atoms with E-state index in [0.717, 1.165) is 16.1 Å². The summed E-state index contributed by atoms with van der Waals surface area (Å²) in [5, 5.41) is 3.94. The van der Waals surface area contributed by atoms with E-state index >= 15 is 0 Å². The number of carbonyl (C=O) groups excluding carboxylic acids is 1. The van der Waals surface area contributed by atoms with Crippen molar-refractivity contribution in [2.24, 2.45) is 0 Å². The summed E-state index contributed by atoms with van der Waals surface area (Å²) >= 11 is 0. The normalized spacial score (nSPS) is 12.4. The fourth-order valence-electron chi connectivity index (χ4n) is 3.00. The molecule has 0 N–H and O–H groups in total. The van der Waals surface area contributed by atoms with Gasteiger partial charge in [0.25, 0.3) is 0 Å². The summed E-state index contributed by atoms with van der Waals surface area (Å²) in [5.41, 5.74) is 1.23. The second kappa shape index (κ2) is 8.44. The summed E-state index contributed by atoms with van der Waals surface area (Å²) < 4.78 is 31.0. The Morgan fingerprint density at radius 2 is 1.66 bits per heavy atom. The minimum absolute atomic E-state index is 0.0649. The first kappa shape index (κ1) is 20.5. The molecule has 9 heteroatoms. The van der Waals surface area contributed by atoms with Crippen molar-refractivity contribution in [2.45, 2.75) is 19.5 Å². The van der Waals surface area contributed by atoms with E-state index < -0.39 is 22.0 Å². The maximum Gasteiger partial charge on any atom is 0.246 e. The van der Waals surface area contributed by atoms with Gasteiger partial charge in [0.15, 0.2) is 0 Å². The summed E-state index contributed by atoms with van der Waals surface area (Å²) in [6.45, 7) is 1.62. The van der Waals surface area contributed by atoms with Crippen LogP contribution >= 0.6 is 0 Å². The van der Waals surface area contributed by atoms with Crippen LogP contribution in [0.15, 0.2) is 65.2 Å². The number of aromatic nitrogens is 2. The quantitative estimate of drug-likeness (QED) is 0.589. The van der Waals surface area contributed by atoms with E-state index in [1.807, 2.05) is 30.3 Å². The van der Waals surface area contributed by atoms with E-state index in [1.54, 1.807) is 44.3 Å². The first-order valence-electron chi connectivity index (χ1n) is 8.95. The minimum Gasteiger partial charge on any atom is -0.337 e. The van der Waals surface area contributed by atoms with Crippen LogP contribution in [0.2, 0.25) is 0 Å². The molecule has 3 rings (SSSR count). The van der Waals surface area contributed by atoms with Gasteiger partial charge in [-0.1, -0.05) is 53.7 Å². The van der Waals surface area contributed by atoms with E-state index in [4.69, 9.17) is 4.52 Å². The number of anilines is 1. The van der Waals surface area contributed by atoms with E-state index in [0.29, 0.717) is 11.5 Å². The van der Waals surface area contributed by atoms with Crippen molar-refractivity contribution in [3.05, 3.63) is 66.6 Å². The molecular formula is C20H22N4O4S. The Labute approximate surface area is 169 Å². The van der Waals surface area contributed by atoms with Crippen LogP contribution in [0.1, 0.15) is 12.8 Å². The molecular weight excluding hydrogens is 392 g/mol. The Kier molecular flexibility index (Phi) is 5.97. The van der Waals surface area contributed by atoms with Gasteiger partial charge in [0.05, 0.1) is 18.5 Å². The largest absolute Gasteiger partial charge is 0.337 e. The van der Waals surface area contributed by atoms with E-state index in [1.165, 1.54) is 4.90 Å². The molecule has 3 aromatic rings. The Morgan fingerprint density at radius 1 is 1.07 bits per heavy atom. The van der Waals surface area contributed by atoms with Gasteiger partial charge in [-0.05, 0) is 19.1 Å². The highest BCUT2D eigenvalue weighted by Crippen LogP contribution is 2.22. The summed E-state index contributed by atoms with van der Waals surface area (Å²) in [6, 6.07) is 16.9. The van der Waals surface area contributed by atoms with Crippen LogP contribution in [0.4, 0.5) is 5.69 Å². The lowest BCUT2D eigenvalue weighted by Crippen LogP contribution is -2.48. The average molecular weight is 414 g/mol. The van der Waals surface area contributed by atoms with Crippen molar-refractivity contribution < 1.29 is 17.7 Å². The molecule has 1 atom stereocenters. The monoisotopic (exact) mass is 414 g/mol. The van der Waals surface area contributed by atoms with Crippen LogP contribution in [0.25, 0.3) is 11.4 Å². The molecule has 29 heavy (non-hydrogen) atoms. The number of likely N-dealkylation sites (N-methyl/N-ethyl adjacent to an activating group) is 1. The number of carbonyl (C=O) groups is 1. The standard InChI is InChI=1S/C20H22N4O4S/c1-15(24(29(3,26)27)17-12-8-5-9-13-17)20(25)23(2)14-18-21-19(22-28-18)16-10-6-4-7-11-16/h4-13,15H,14H2,1-3H3/t15-/m0/s1. The Hall–Kier alpha value is -3.20. The smallest absolute Gasteiger partial charge is 0.246 e. The molecule has 0 aliphatic heterocycles. The molecule has 152 valence electrons. The summed E-state index contributed by atoms with van der Waals surface area (Å²) in [6.07, 6.45) is 1.08. The maximum atomic E-state index is 12.9. The minimum atomic E-state index is -3.67. The molecule has 0 unspecified atom stereocenters. The van der Waals surface area contributed by atoms with Crippen LogP contribution in [-0.2, 0) is 21.4 Å². The third kappa shape index (κ3) is 4.80. The highest BCUT2D eigenvalue weighted by Gasteiger charge is 2.31. The van der Waals surface area contributed by atoms with E-state index in [2.05, 4.69) is 10.1 Å². The Balaban J connectivity index is 1.76. The lowest BCUT2D eigenvalue weighted by atomic mass is 10.2. The van der Waals surface area contributed by atoms with E-state index in [-0.39, 0.29) is 12.4 Å². The molecule has 2 aromatic carbocycles. The van der Waals surface area contributed by atoms with Crippen LogP contribution in [-0.4, -0.2) is 48.7 Å².